The predicted molar refractivity (Wildman–Crippen MR) is 60.9 cm³/mol. The molecule has 0 fully saturated rings. The lowest BCUT2D eigenvalue weighted by molar-refractivity contribution is -0.114. The molecule has 82 valence electrons. The molecule has 0 unspecified atom stereocenters. The molecule has 0 aliphatic rings. The Bertz CT molecular complexity index is 379. The van der Waals surface area contributed by atoms with E-state index >= 15 is 0 Å². The number of hydrogen-bond donors (Lipinski definition) is 2. The molecular formula is C10H12BrNO3. The zero-order valence-corrected chi connectivity index (χ0v) is 10.1. The first-order valence-corrected chi connectivity index (χ1v) is 5.13. The molecule has 0 heterocycles. The van der Waals surface area contributed by atoms with Crippen LogP contribution in [0.1, 0.15) is 12.5 Å². The van der Waals surface area contributed by atoms with Gasteiger partial charge in [-0.15, -0.1) is 0 Å². The van der Waals surface area contributed by atoms with Gasteiger partial charge in [0.15, 0.2) is 0 Å². The minimum Gasteiger partial charge on any atom is -0.495 e. The number of halogens is 1. The quantitative estimate of drug-likeness (QED) is 0.885. The highest BCUT2D eigenvalue weighted by Gasteiger charge is 2.12. The third-order valence-electron chi connectivity index (χ3n) is 1.90. The van der Waals surface area contributed by atoms with Crippen LogP contribution in [0, 0.1) is 0 Å². The van der Waals surface area contributed by atoms with Crippen molar-refractivity contribution in [2.45, 2.75) is 13.5 Å². The van der Waals surface area contributed by atoms with Crippen molar-refractivity contribution in [3.8, 4) is 5.75 Å². The second-order valence-corrected chi connectivity index (χ2v) is 3.80. The highest BCUT2D eigenvalue weighted by atomic mass is 79.9. The number of ether oxygens (including phenoxy) is 1. The molecule has 0 saturated carbocycles. The monoisotopic (exact) mass is 273 g/mol. The molecule has 1 aromatic carbocycles. The van der Waals surface area contributed by atoms with Gasteiger partial charge in [0, 0.05) is 17.0 Å². The fourth-order valence-electron chi connectivity index (χ4n) is 1.24. The lowest BCUT2D eigenvalue weighted by Crippen LogP contribution is -2.10. The molecule has 1 rings (SSSR count). The van der Waals surface area contributed by atoms with Gasteiger partial charge < -0.3 is 15.2 Å². The molecule has 5 heteroatoms. The number of amides is 1. The molecule has 1 aromatic rings. The first-order valence-electron chi connectivity index (χ1n) is 4.34. The molecule has 0 radical (unpaired) electrons. The lowest BCUT2D eigenvalue weighted by atomic mass is 10.1. The fraction of sp³-hybridized carbons (Fsp3) is 0.300. The standard InChI is InChI=1S/C10H12BrNO3/c1-6(14)12-10-7(5-13)8(11)3-4-9(10)15-2/h3-4,13H,5H2,1-2H3,(H,12,14). The number of carbonyl (C=O) groups is 1. The fourth-order valence-corrected chi connectivity index (χ4v) is 1.69. The maximum Gasteiger partial charge on any atom is 0.221 e. The molecule has 4 nitrogen and oxygen atoms in total. The Morgan fingerprint density at radius 3 is 2.73 bits per heavy atom. The van der Waals surface area contributed by atoms with Crippen LogP contribution in [0.3, 0.4) is 0 Å². The minimum absolute atomic E-state index is 0.173. The summed E-state index contributed by atoms with van der Waals surface area (Å²) in [6.07, 6.45) is 0. The number of aliphatic hydroxyl groups is 1. The second kappa shape index (κ2) is 5.14. The molecule has 0 spiro atoms. The van der Waals surface area contributed by atoms with E-state index in [4.69, 9.17) is 4.74 Å². The molecule has 0 atom stereocenters. The van der Waals surface area contributed by atoms with Crippen LogP contribution < -0.4 is 10.1 Å². The Morgan fingerprint density at radius 1 is 1.60 bits per heavy atom. The number of anilines is 1. The topological polar surface area (TPSA) is 58.6 Å². The number of carbonyl (C=O) groups excluding carboxylic acids is 1. The first kappa shape index (κ1) is 12.0. The highest BCUT2D eigenvalue weighted by Crippen LogP contribution is 2.33. The van der Waals surface area contributed by atoms with E-state index < -0.39 is 0 Å². The smallest absolute Gasteiger partial charge is 0.221 e. The molecule has 0 bridgehead atoms. The first-order chi connectivity index (χ1) is 7.10. The van der Waals surface area contributed by atoms with Gasteiger partial charge in [-0.05, 0) is 12.1 Å². The number of benzene rings is 1. The van der Waals surface area contributed by atoms with Crippen molar-refractivity contribution < 1.29 is 14.6 Å². The Kier molecular flexibility index (Phi) is 4.11. The van der Waals surface area contributed by atoms with E-state index in [-0.39, 0.29) is 12.5 Å². The summed E-state index contributed by atoms with van der Waals surface area (Å²) in [7, 11) is 1.51. The summed E-state index contributed by atoms with van der Waals surface area (Å²) >= 11 is 3.29. The Balaban J connectivity index is 3.26. The van der Waals surface area contributed by atoms with Gasteiger partial charge in [-0.2, -0.15) is 0 Å². The van der Waals surface area contributed by atoms with Crippen molar-refractivity contribution in [1.29, 1.82) is 0 Å². The van der Waals surface area contributed by atoms with Crippen LogP contribution in [-0.4, -0.2) is 18.1 Å². The van der Waals surface area contributed by atoms with E-state index in [2.05, 4.69) is 21.2 Å². The van der Waals surface area contributed by atoms with Gasteiger partial charge in [-0.3, -0.25) is 4.79 Å². The van der Waals surface area contributed by atoms with Gasteiger partial charge in [0.25, 0.3) is 0 Å². The predicted octanol–water partition coefficient (Wildman–Crippen LogP) is 1.91. The van der Waals surface area contributed by atoms with Crippen LogP contribution >= 0.6 is 15.9 Å². The normalized spacial score (nSPS) is 9.87. The van der Waals surface area contributed by atoms with Gasteiger partial charge in [-0.1, -0.05) is 15.9 Å². The summed E-state index contributed by atoms with van der Waals surface area (Å²) in [5, 5.41) is 11.8. The Labute approximate surface area is 96.4 Å². The van der Waals surface area contributed by atoms with Crippen LogP contribution in [-0.2, 0) is 11.4 Å². The minimum atomic E-state index is -0.207. The SMILES string of the molecule is COc1ccc(Br)c(CO)c1NC(C)=O. The average molecular weight is 274 g/mol. The summed E-state index contributed by atoms with van der Waals surface area (Å²) in [5.41, 5.74) is 1.10. The zero-order chi connectivity index (χ0) is 11.4. The van der Waals surface area contributed by atoms with Crippen molar-refractivity contribution in [2.24, 2.45) is 0 Å². The van der Waals surface area contributed by atoms with Crippen molar-refractivity contribution in [3.05, 3.63) is 22.2 Å². The van der Waals surface area contributed by atoms with E-state index in [1.165, 1.54) is 14.0 Å². The van der Waals surface area contributed by atoms with Gasteiger partial charge in [0.1, 0.15) is 5.75 Å². The van der Waals surface area contributed by atoms with E-state index in [0.29, 0.717) is 17.0 Å². The number of aliphatic hydroxyl groups excluding tert-OH is 1. The maximum atomic E-state index is 11.0. The molecular weight excluding hydrogens is 262 g/mol. The molecule has 0 aromatic heterocycles. The third-order valence-corrected chi connectivity index (χ3v) is 2.64. The van der Waals surface area contributed by atoms with Crippen LogP contribution in [0.4, 0.5) is 5.69 Å². The Hall–Kier alpha value is -1.07. The molecule has 0 aliphatic heterocycles. The van der Waals surface area contributed by atoms with Crippen molar-refractivity contribution in [2.75, 3.05) is 12.4 Å². The molecule has 15 heavy (non-hydrogen) atoms. The van der Waals surface area contributed by atoms with Crippen molar-refractivity contribution >= 4 is 27.5 Å². The van der Waals surface area contributed by atoms with Crippen molar-refractivity contribution in [1.82, 2.24) is 0 Å². The number of rotatable bonds is 3. The van der Waals surface area contributed by atoms with Crippen LogP contribution in [0.5, 0.6) is 5.75 Å². The second-order valence-electron chi connectivity index (χ2n) is 2.94. The number of nitrogens with one attached hydrogen (secondary N) is 1. The molecule has 2 N–H and O–H groups in total. The van der Waals surface area contributed by atoms with E-state index in [9.17, 15) is 9.90 Å². The molecule has 0 saturated heterocycles. The van der Waals surface area contributed by atoms with Gasteiger partial charge in [-0.25, -0.2) is 0 Å². The third kappa shape index (κ3) is 2.70. The average Bonchev–Trinajstić information content (AvgIpc) is 2.18. The largest absolute Gasteiger partial charge is 0.495 e. The van der Waals surface area contributed by atoms with Crippen LogP contribution in [0.2, 0.25) is 0 Å². The zero-order valence-electron chi connectivity index (χ0n) is 8.50. The summed E-state index contributed by atoms with van der Waals surface area (Å²) in [6, 6.07) is 3.48. The highest BCUT2D eigenvalue weighted by molar-refractivity contribution is 9.10. The van der Waals surface area contributed by atoms with Crippen molar-refractivity contribution in [3.63, 3.8) is 0 Å². The lowest BCUT2D eigenvalue weighted by Gasteiger charge is -2.14. The number of methoxy groups -OCH3 is 1. The number of hydrogen-bond acceptors (Lipinski definition) is 3. The maximum absolute atomic E-state index is 11.0. The summed E-state index contributed by atoms with van der Waals surface area (Å²) in [6.45, 7) is 1.23. The summed E-state index contributed by atoms with van der Waals surface area (Å²) in [5.74, 6) is 0.318. The van der Waals surface area contributed by atoms with E-state index in [1.807, 2.05) is 0 Å². The molecule has 1 amide bonds. The summed E-state index contributed by atoms with van der Waals surface area (Å²) in [4.78, 5) is 11.0. The summed E-state index contributed by atoms with van der Waals surface area (Å²) < 4.78 is 5.83. The van der Waals surface area contributed by atoms with E-state index in [1.54, 1.807) is 12.1 Å². The van der Waals surface area contributed by atoms with Gasteiger partial charge in [0.05, 0.1) is 19.4 Å². The van der Waals surface area contributed by atoms with Crippen LogP contribution in [0.15, 0.2) is 16.6 Å². The Morgan fingerprint density at radius 2 is 2.27 bits per heavy atom. The van der Waals surface area contributed by atoms with Crippen LogP contribution in [0.25, 0.3) is 0 Å². The van der Waals surface area contributed by atoms with Gasteiger partial charge >= 0.3 is 0 Å². The molecule has 0 aliphatic carbocycles. The van der Waals surface area contributed by atoms with E-state index in [0.717, 1.165) is 4.47 Å². The van der Waals surface area contributed by atoms with Gasteiger partial charge in [0.2, 0.25) is 5.91 Å².